The first-order valence-electron chi connectivity index (χ1n) is 5.94. The van der Waals surface area contributed by atoms with Gasteiger partial charge in [-0.25, -0.2) is 0 Å². The fourth-order valence-corrected chi connectivity index (χ4v) is 2.53. The van der Waals surface area contributed by atoms with Crippen molar-refractivity contribution in [1.29, 1.82) is 0 Å². The minimum Gasteiger partial charge on any atom is -0.484 e. The van der Waals surface area contributed by atoms with E-state index in [9.17, 15) is 5.11 Å². The summed E-state index contributed by atoms with van der Waals surface area (Å²) >= 11 is 6.12. The summed E-state index contributed by atoms with van der Waals surface area (Å²) in [6, 6.07) is 15.4. The lowest BCUT2D eigenvalue weighted by Gasteiger charge is -2.30. The molecule has 0 bridgehead atoms. The quantitative estimate of drug-likeness (QED) is 0.843. The fourth-order valence-electron chi connectivity index (χ4n) is 2.30. The maximum absolute atomic E-state index is 10.2. The molecular formula is C15H13ClO2. The first-order chi connectivity index (χ1) is 8.75. The second-order valence-electron chi connectivity index (χ2n) is 4.43. The van der Waals surface area contributed by atoms with Gasteiger partial charge in [-0.1, -0.05) is 54.1 Å². The van der Waals surface area contributed by atoms with Crippen molar-refractivity contribution in [2.75, 3.05) is 0 Å². The van der Waals surface area contributed by atoms with Gasteiger partial charge in [-0.2, -0.15) is 0 Å². The average Bonchev–Trinajstić information content (AvgIpc) is 2.41. The van der Waals surface area contributed by atoms with Crippen molar-refractivity contribution in [2.24, 2.45) is 0 Å². The van der Waals surface area contributed by atoms with Gasteiger partial charge in [0.1, 0.15) is 11.9 Å². The fraction of sp³-hybridized carbons (Fsp3) is 0.200. The van der Waals surface area contributed by atoms with Crippen molar-refractivity contribution in [3.8, 4) is 5.75 Å². The second-order valence-corrected chi connectivity index (χ2v) is 4.83. The molecule has 0 spiro atoms. The molecule has 0 saturated carbocycles. The minimum absolute atomic E-state index is 0.145. The lowest BCUT2D eigenvalue weighted by atomic mass is 9.95. The zero-order valence-electron chi connectivity index (χ0n) is 9.71. The largest absolute Gasteiger partial charge is 0.484 e. The topological polar surface area (TPSA) is 29.5 Å². The average molecular weight is 261 g/mol. The number of halogens is 1. The van der Waals surface area contributed by atoms with E-state index in [1.807, 2.05) is 42.5 Å². The normalized spacial score (nSPS) is 22.1. The Bertz CT molecular complexity index is 554. The molecule has 1 aliphatic heterocycles. The Morgan fingerprint density at radius 1 is 1.06 bits per heavy atom. The summed E-state index contributed by atoms with van der Waals surface area (Å²) in [6.07, 6.45) is -0.122. The smallest absolute Gasteiger partial charge is 0.144 e. The van der Waals surface area contributed by atoms with Crippen molar-refractivity contribution < 1.29 is 9.84 Å². The molecule has 0 amide bonds. The number of para-hydroxylation sites is 1. The van der Waals surface area contributed by atoms with E-state index in [0.29, 0.717) is 17.2 Å². The van der Waals surface area contributed by atoms with Gasteiger partial charge < -0.3 is 9.84 Å². The zero-order chi connectivity index (χ0) is 12.5. The third-order valence-corrected chi connectivity index (χ3v) is 3.52. The lowest BCUT2D eigenvalue weighted by molar-refractivity contribution is 0.0658. The van der Waals surface area contributed by atoms with Gasteiger partial charge in [0, 0.05) is 12.0 Å². The van der Waals surface area contributed by atoms with E-state index in [1.54, 1.807) is 6.07 Å². The molecule has 0 aliphatic carbocycles. The summed E-state index contributed by atoms with van der Waals surface area (Å²) in [4.78, 5) is 0. The van der Waals surface area contributed by atoms with Crippen LogP contribution in [0.1, 0.15) is 29.8 Å². The molecule has 3 rings (SSSR count). The van der Waals surface area contributed by atoms with Crippen LogP contribution in [0.2, 0.25) is 5.02 Å². The molecule has 2 atom stereocenters. The van der Waals surface area contributed by atoms with E-state index in [4.69, 9.17) is 16.3 Å². The van der Waals surface area contributed by atoms with E-state index >= 15 is 0 Å². The van der Waals surface area contributed by atoms with E-state index in [-0.39, 0.29) is 6.10 Å². The number of ether oxygens (including phenoxy) is 1. The maximum Gasteiger partial charge on any atom is 0.144 e. The van der Waals surface area contributed by atoms with Gasteiger partial charge in [0.2, 0.25) is 0 Å². The number of hydrogen-bond acceptors (Lipinski definition) is 2. The monoisotopic (exact) mass is 260 g/mol. The summed E-state index contributed by atoms with van der Waals surface area (Å²) in [6.45, 7) is 0. The SMILES string of the molecule is O[C@H]1C[C@@H](c2ccccc2)Oc2c(Cl)cccc21. The van der Waals surface area contributed by atoms with Crippen LogP contribution >= 0.6 is 11.6 Å². The highest BCUT2D eigenvalue weighted by molar-refractivity contribution is 6.32. The van der Waals surface area contributed by atoms with Crippen molar-refractivity contribution >= 4 is 11.6 Å². The third-order valence-electron chi connectivity index (χ3n) is 3.23. The maximum atomic E-state index is 10.2. The number of hydrogen-bond donors (Lipinski definition) is 1. The van der Waals surface area contributed by atoms with Crippen LogP contribution in [0, 0.1) is 0 Å². The Hall–Kier alpha value is -1.51. The Kier molecular flexibility index (Phi) is 2.98. The molecule has 0 saturated heterocycles. The van der Waals surface area contributed by atoms with Crippen LogP contribution < -0.4 is 4.74 Å². The highest BCUT2D eigenvalue weighted by Gasteiger charge is 2.29. The number of benzene rings is 2. The number of fused-ring (bicyclic) bond motifs is 1. The molecule has 18 heavy (non-hydrogen) atoms. The van der Waals surface area contributed by atoms with Crippen LogP contribution in [-0.4, -0.2) is 5.11 Å². The van der Waals surface area contributed by atoms with E-state index < -0.39 is 6.10 Å². The summed E-state index contributed by atoms with van der Waals surface area (Å²) in [5, 5.41) is 10.7. The third kappa shape index (κ3) is 1.98. The summed E-state index contributed by atoms with van der Waals surface area (Å²) in [5.41, 5.74) is 1.83. The molecule has 2 aromatic rings. The number of rotatable bonds is 1. The van der Waals surface area contributed by atoms with Crippen molar-refractivity contribution in [2.45, 2.75) is 18.6 Å². The number of aliphatic hydroxyl groups excluding tert-OH is 1. The van der Waals surface area contributed by atoms with Gasteiger partial charge in [0.05, 0.1) is 11.1 Å². The van der Waals surface area contributed by atoms with Crippen LogP contribution in [0.5, 0.6) is 5.75 Å². The van der Waals surface area contributed by atoms with Crippen LogP contribution in [0.4, 0.5) is 0 Å². The highest BCUT2D eigenvalue weighted by atomic mass is 35.5. The van der Waals surface area contributed by atoms with Crippen LogP contribution in [-0.2, 0) is 0 Å². The van der Waals surface area contributed by atoms with Crippen molar-refractivity contribution in [1.82, 2.24) is 0 Å². The minimum atomic E-state index is -0.530. The molecule has 2 nitrogen and oxygen atoms in total. The second kappa shape index (κ2) is 4.63. The molecule has 92 valence electrons. The van der Waals surface area contributed by atoms with Crippen LogP contribution in [0.3, 0.4) is 0 Å². The standard InChI is InChI=1S/C15H13ClO2/c16-12-8-4-7-11-13(17)9-14(18-15(11)12)10-5-2-1-3-6-10/h1-8,13-14,17H,9H2/t13-,14-/m0/s1. The molecule has 1 N–H and O–H groups in total. The molecule has 2 aromatic carbocycles. The Balaban J connectivity index is 1.99. The van der Waals surface area contributed by atoms with E-state index in [2.05, 4.69) is 0 Å². The van der Waals surface area contributed by atoms with E-state index in [1.165, 1.54) is 0 Å². The summed E-state index contributed by atoms with van der Waals surface area (Å²) in [7, 11) is 0. The first-order valence-corrected chi connectivity index (χ1v) is 6.31. The predicted octanol–water partition coefficient (Wildman–Crippen LogP) is 3.90. The van der Waals surface area contributed by atoms with E-state index in [0.717, 1.165) is 11.1 Å². The molecule has 1 aliphatic rings. The van der Waals surface area contributed by atoms with Crippen LogP contribution in [0.25, 0.3) is 0 Å². The van der Waals surface area contributed by atoms with Gasteiger partial charge in [-0.05, 0) is 11.6 Å². The molecule has 0 radical (unpaired) electrons. The van der Waals surface area contributed by atoms with Gasteiger partial charge >= 0.3 is 0 Å². The van der Waals surface area contributed by atoms with Crippen LogP contribution in [0.15, 0.2) is 48.5 Å². The highest BCUT2D eigenvalue weighted by Crippen LogP contribution is 2.44. The lowest BCUT2D eigenvalue weighted by Crippen LogP contribution is -2.19. The molecule has 1 heterocycles. The summed E-state index contributed by atoms with van der Waals surface area (Å²) < 4.78 is 5.93. The van der Waals surface area contributed by atoms with Crippen molar-refractivity contribution in [3.05, 3.63) is 64.7 Å². The molecular weight excluding hydrogens is 248 g/mol. The van der Waals surface area contributed by atoms with Gasteiger partial charge in [-0.3, -0.25) is 0 Å². The summed E-state index contributed by atoms with van der Waals surface area (Å²) in [5.74, 6) is 0.603. The molecule has 0 aromatic heterocycles. The Morgan fingerprint density at radius 3 is 2.61 bits per heavy atom. The number of aliphatic hydroxyl groups is 1. The van der Waals surface area contributed by atoms with Gasteiger partial charge in [0.15, 0.2) is 0 Å². The predicted molar refractivity (Wildman–Crippen MR) is 70.8 cm³/mol. The van der Waals surface area contributed by atoms with Crippen molar-refractivity contribution in [3.63, 3.8) is 0 Å². The molecule has 3 heteroatoms. The molecule has 0 unspecified atom stereocenters. The molecule has 0 fully saturated rings. The zero-order valence-corrected chi connectivity index (χ0v) is 10.5. The van der Waals surface area contributed by atoms with Gasteiger partial charge in [-0.15, -0.1) is 0 Å². The Morgan fingerprint density at radius 2 is 1.83 bits per heavy atom. The Labute approximate surface area is 111 Å². The first kappa shape index (κ1) is 11.6. The van der Waals surface area contributed by atoms with Gasteiger partial charge in [0.25, 0.3) is 0 Å².